The topological polar surface area (TPSA) is 60.9 Å². The number of benzene rings is 1. The van der Waals surface area contributed by atoms with Crippen molar-refractivity contribution >= 4 is 23.4 Å². The third kappa shape index (κ3) is 3.54. The van der Waals surface area contributed by atoms with Crippen molar-refractivity contribution in [2.75, 3.05) is 26.2 Å². The van der Waals surface area contributed by atoms with Crippen LogP contribution in [-0.2, 0) is 4.79 Å². The number of hydrogen-bond donors (Lipinski definition) is 1. The van der Waals surface area contributed by atoms with Gasteiger partial charge in [-0.05, 0) is 18.6 Å². The molecule has 1 aliphatic heterocycles. The van der Waals surface area contributed by atoms with Gasteiger partial charge < -0.3 is 14.9 Å². The Hall–Kier alpha value is -1.59. The maximum absolute atomic E-state index is 12.6. The molecule has 0 radical (unpaired) electrons. The van der Waals surface area contributed by atoms with Crippen LogP contribution in [0.5, 0.6) is 0 Å². The van der Waals surface area contributed by atoms with Crippen LogP contribution < -0.4 is 0 Å². The van der Waals surface area contributed by atoms with Gasteiger partial charge in [-0.1, -0.05) is 23.7 Å². The van der Waals surface area contributed by atoms with Gasteiger partial charge in [0.1, 0.15) is 0 Å². The van der Waals surface area contributed by atoms with E-state index in [2.05, 4.69) is 0 Å². The molecule has 1 aromatic carbocycles. The lowest BCUT2D eigenvalue weighted by Gasteiger charge is -2.23. The quantitative estimate of drug-likeness (QED) is 0.851. The van der Waals surface area contributed by atoms with Crippen LogP contribution in [-0.4, -0.2) is 59.0 Å². The molecule has 1 heterocycles. The fourth-order valence-corrected chi connectivity index (χ4v) is 2.82. The van der Waals surface area contributed by atoms with E-state index in [1.54, 1.807) is 21.9 Å². The molecule has 6 heteroatoms. The molecule has 21 heavy (non-hydrogen) atoms. The first-order valence-corrected chi connectivity index (χ1v) is 7.26. The van der Waals surface area contributed by atoms with E-state index in [0.29, 0.717) is 23.7 Å². The highest BCUT2D eigenvalue weighted by molar-refractivity contribution is 6.34. The summed E-state index contributed by atoms with van der Waals surface area (Å²) in [5, 5.41) is 10.4. The van der Waals surface area contributed by atoms with E-state index in [0.717, 1.165) is 5.56 Å². The van der Waals surface area contributed by atoms with E-state index in [-0.39, 0.29) is 24.9 Å². The monoisotopic (exact) mass is 310 g/mol. The molecule has 1 N–H and O–H groups in total. The minimum atomic E-state index is -0.747. The first-order valence-electron chi connectivity index (χ1n) is 6.88. The molecule has 0 aromatic heterocycles. The van der Waals surface area contributed by atoms with Crippen molar-refractivity contribution in [3.05, 3.63) is 34.3 Å². The van der Waals surface area contributed by atoms with E-state index in [1.807, 2.05) is 13.0 Å². The summed E-state index contributed by atoms with van der Waals surface area (Å²) < 4.78 is 0. The van der Waals surface area contributed by atoms with Crippen molar-refractivity contribution in [3.8, 4) is 0 Å². The molecule has 1 saturated heterocycles. The van der Waals surface area contributed by atoms with Crippen LogP contribution in [0.1, 0.15) is 22.8 Å². The molecule has 1 atom stereocenters. The van der Waals surface area contributed by atoms with Gasteiger partial charge >= 0.3 is 0 Å². The molecule has 1 aromatic rings. The Labute approximate surface area is 129 Å². The van der Waals surface area contributed by atoms with Crippen molar-refractivity contribution in [1.82, 2.24) is 9.80 Å². The number of carbonyl (C=O) groups is 2. The molecule has 0 unspecified atom stereocenters. The number of hydrogen-bond acceptors (Lipinski definition) is 3. The largest absolute Gasteiger partial charge is 0.389 e. The zero-order valence-corrected chi connectivity index (χ0v) is 12.9. The van der Waals surface area contributed by atoms with E-state index < -0.39 is 6.10 Å². The van der Waals surface area contributed by atoms with Gasteiger partial charge in [-0.15, -0.1) is 0 Å². The Kier molecular flexibility index (Phi) is 4.85. The Morgan fingerprint density at radius 3 is 2.48 bits per heavy atom. The van der Waals surface area contributed by atoms with Crippen LogP contribution in [0, 0.1) is 6.92 Å². The number of β-amino-alcohol motifs (C(OH)–C–C–N with tert-alkyl or cyclic N) is 1. The molecule has 5 nitrogen and oxygen atoms in total. The number of rotatable bonds is 1. The lowest BCUT2D eigenvalue weighted by molar-refractivity contribution is -0.129. The molecule has 0 saturated carbocycles. The zero-order chi connectivity index (χ0) is 15.6. The highest BCUT2D eigenvalue weighted by Crippen LogP contribution is 2.22. The number of aryl methyl sites for hydroxylation is 1. The Bertz CT molecular complexity index is 542. The summed E-state index contributed by atoms with van der Waals surface area (Å²) >= 11 is 6.13. The number of nitrogens with zero attached hydrogens (tertiary/aromatic N) is 2. The van der Waals surface area contributed by atoms with Crippen LogP contribution in [0.4, 0.5) is 0 Å². The second-order valence-electron chi connectivity index (χ2n) is 5.30. The van der Waals surface area contributed by atoms with E-state index in [1.165, 1.54) is 6.92 Å². The number of aliphatic hydroxyl groups is 1. The second kappa shape index (κ2) is 6.45. The predicted molar refractivity (Wildman–Crippen MR) is 80.4 cm³/mol. The first kappa shape index (κ1) is 15.8. The van der Waals surface area contributed by atoms with Gasteiger partial charge in [-0.3, -0.25) is 9.59 Å². The standard InChI is InChI=1S/C15H19ClN2O3/c1-10-4-3-5-13(16)14(10)15(21)18-7-6-17(11(2)19)8-12(20)9-18/h3-5,12,20H,6-9H2,1-2H3/t12-/m0/s1. The van der Waals surface area contributed by atoms with Gasteiger partial charge in [-0.2, -0.15) is 0 Å². The van der Waals surface area contributed by atoms with Gasteiger partial charge in [-0.25, -0.2) is 0 Å². The smallest absolute Gasteiger partial charge is 0.255 e. The molecule has 1 fully saturated rings. The molecular formula is C15H19ClN2O3. The molecule has 2 amide bonds. The highest BCUT2D eigenvalue weighted by Gasteiger charge is 2.27. The van der Waals surface area contributed by atoms with Gasteiger partial charge in [0.25, 0.3) is 5.91 Å². The summed E-state index contributed by atoms with van der Waals surface area (Å²) in [6, 6.07) is 5.30. The van der Waals surface area contributed by atoms with Crippen molar-refractivity contribution in [2.45, 2.75) is 20.0 Å². The number of aliphatic hydroxyl groups excluding tert-OH is 1. The number of halogens is 1. The van der Waals surface area contributed by atoms with Gasteiger partial charge in [0.2, 0.25) is 5.91 Å². The molecule has 0 bridgehead atoms. The fraction of sp³-hybridized carbons (Fsp3) is 0.467. The molecule has 1 aliphatic rings. The van der Waals surface area contributed by atoms with Crippen LogP contribution in [0.15, 0.2) is 18.2 Å². The van der Waals surface area contributed by atoms with E-state index in [9.17, 15) is 14.7 Å². The molecule has 0 aliphatic carbocycles. The fourth-order valence-electron chi connectivity index (χ4n) is 2.52. The Morgan fingerprint density at radius 2 is 1.86 bits per heavy atom. The summed E-state index contributed by atoms with van der Waals surface area (Å²) in [6.45, 7) is 4.55. The molecular weight excluding hydrogens is 292 g/mol. The maximum Gasteiger partial charge on any atom is 0.255 e. The highest BCUT2D eigenvalue weighted by atomic mass is 35.5. The van der Waals surface area contributed by atoms with Gasteiger partial charge in [0, 0.05) is 33.1 Å². The van der Waals surface area contributed by atoms with Crippen LogP contribution in [0.3, 0.4) is 0 Å². The van der Waals surface area contributed by atoms with Gasteiger partial charge in [0.05, 0.1) is 16.7 Å². The average Bonchev–Trinajstić information content (AvgIpc) is 2.60. The summed E-state index contributed by atoms with van der Waals surface area (Å²) in [5.41, 5.74) is 1.26. The summed E-state index contributed by atoms with van der Waals surface area (Å²) in [7, 11) is 0. The van der Waals surface area contributed by atoms with Crippen molar-refractivity contribution < 1.29 is 14.7 Å². The zero-order valence-electron chi connectivity index (χ0n) is 12.2. The number of amides is 2. The SMILES string of the molecule is CC(=O)N1CCN(C(=O)c2c(C)cccc2Cl)C[C@@H](O)C1. The van der Waals surface area contributed by atoms with Crippen LogP contribution in [0.2, 0.25) is 5.02 Å². The lowest BCUT2D eigenvalue weighted by Crippen LogP contribution is -2.38. The van der Waals surface area contributed by atoms with E-state index in [4.69, 9.17) is 11.6 Å². The van der Waals surface area contributed by atoms with Crippen molar-refractivity contribution in [1.29, 1.82) is 0 Å². The predicted octanol–water partition coefficient (Wildman–Crippen LogP) is 1.31. The third-order valence-electron chi connectivity index (χ3n) is 3.67. The first-order chi connectivity index (χ1) is 9.90. The second-order valence-corrected chi connectivity index (χ2v) is 5.71. The average molecular weight is 311 g/mol. The third-order valence-corrected chi connectivity index (χ3v) is 3.99. The van der Waals surface area contributed by atoms with Crippen LogP contribution >= 0.6 is 11.6 Å². The summed E-state index contributed by atoms with van der Waals surface area (Å²) in [6.07, 6.45) is -0.747. The minimum Gasteiger partial charge on any atom is -0.389 e. The van der Waals surface area contributed by atoms with E-state index >= 15 is 0 Å². The van der Waals surface area contributed by atoms with Crippen molar-refractivity contribution in [2.24, 2.45) is 0 Å². The molecule has 114 valence electrons. The Morgan fingerprint density at radius 1 is 1.24 bits per heavy atom. The molecule has 0 spiro atoms. The van der Waals surface area contributed by atoms with Gasteiger partial charge in [0.15, 0.2) is 0 Å². The molecule has 2 rings (SSSR count). The van der Waals surface area contributed by atoms with Crippen LogP contribution in [0.25, 0.3) is 0 Å². The Balaban J connectivity index is 2.21. The van der Waals surface area contributed by atoms with Crippen molar-refractivity contribution in [3.63, 3.8) is 0 Å². The normalized spacial score (nSPS) is 19.3. The summed E-state index contributed by atoms with van der Waals surface area (Å²) in [5.74, 6) is -0.306. The lowest BCUT2D eigenvalue weighted by atomic mass is 10.1. The maximum atomic E-state index is 12.6. The summed E-state index contributed by atoms with van der Waals surface area (Å²) in [4.78, 5) is 27.2. The number of carbonyl (C=O) groups excluding carboxylic acids is 2. The minimum absolute atomic E-state index is 0.0997.